The predicted molar refractivity (Wildman–Crippen MR) is 339 cm³/mol. The largest absolute Gasteiger partial charge is 0.493 e. The van der Waals surface area contributed by atoms with Crippen LogP contribution >= 0.6 is 0 Å². The molecule has 12 N–H and O–H groups in total. The third-order valence-electron chi connectivity index (χ3n) is 16.2. The summed E-state index contributed by atoms with van der Waals surface area (Å²) in [5.41, 5.74) is 8.79. The molecule has 1 unspecified atom stereocenters. The van der Waals surface area contributed by atoms with Gasteiger partial charge in [-0.2, -0.15) is 0 Å². The van der Waals surface area contributed by atoms with E-state index in [0.717, 1.165) is 28.2 Å². The smallest absolute Gasteiger partial charge is 0.416 e. The minimum Gasteiger partial charge on any atom is -0.493 e. The van der Waals surface area contributed by atoms with Crippen LogP contribution in [0.3, 0.4) is 0 Å². The van der Waals surface area contributed by atoms with Crippen molar-refractivity contribution in [2.45, 2.75) is 115 Å². The number of carboxylic acids is 1. The summed E-state index contributed by atoms with van der Waals surface area (Å²) in [6.07, 6.45) is -8.00. The molecule has 95 heavy (non-hydrogen) atoms. The number of aliphatic hydroxyl groups is 4. The van der Waals surface area contributed by atoms with Crippen molar-refractivity contribution in [1.82, 2.24) is 19.4 Å². The molecule has 9 rings (SSSR count). The van der Waals surface area contributed by atoms with Gasteiger partial charge in [0.2, 0.25) is 24.0 Å². The zero-order valence-electron chi connectivity index (χ0n) is 52.4. The first-order chi connectivity index (χ1) is 45.2. The number of hydrogen-bond acceptors (Lipinski definition) is 20. The molecular formula is C64H73N11O20. The quantitative estimate of drug-likeness (QED) is 0.0240. The normalized spacial score (nSPS) is 19.8. The van der Waals surface area contributed by atoms with E-state index in [1.165, 1.54) is 36.3 Å². The Balaban J connectivity index is 0.779. The highest BCUT2D eigenvalue weighted by Gasteiger charge is 2.49. The van der Waals surface area contributed by atoms with Crippen molar-refractivity contribution in [1.29, 1.82) is 0 Å². The topological polar surface area (TPSA) is 430 Å². The van der Waals surface area contributed by atoms with Gasteiger partial charge in [0.05, 0.1) is 47.7 Å². The molecule has 0 saturated carbocycles. The highest BCUT2D eigenvalue weighted by molar-refractivity contribution is 6.07. The lowest BCUT2D eigenvalue weighted by molar-refractivity contribution is -0.387. The van der Waals surface area contributed by atoms with Gasteiger partial charge in [-0.3, -0.25) is 38.9 Å². The second kappa shape index (κ2) is 29.7. The minimum absolute atomic E-state index is 0.0203. The number of nitrogens with zero attached hydrogens (tertiary/aromatic N) is 5. The number of nitro benzene ring substituents is 1. The number of nitrogens with one attached hydrogen (secondary N) is 5. The number of nitrogens with two attached hydrogens (primary N) is 1. The molecule has 9 atom stereocenters. The number of carboxylic acid groups (broad SMARTS) is 1. The van der Waals surface area contributed by atoms with Crippen molar-refractivity contribution in [2.75, 3.05) is 46.4 Å². The number of methoxy groups -OCH3 is 1. The van der Waals surface area contributed by atoms with E-state index in [1.54, 1.807) is 97.1 Å². The molecule has 7 amide bonds. The zero-order chi connectivity index (χ0) is 68.7. The predicted octanol–water partition coefficient (Wildman–Crippen LogP) is 4.42. The molecule has 2 saturated heterocycles. The lowest BCUT2D eigenvalue weighted by Crippen LogP contribution is -2.61. The average molecular weight is 1320 g/mol. The van der Waals surface area contributed by atoms with Crippen molar-refractivity contribution in [2.24, 2.45) is 25.7 Å². The Labute approximate surface area is 542 Å². The molecule has 5 heterocycles. The molecule has 31 heteroatoms. The van der Waals surface area contributed by atoms with Gasteiger partial charge in [0.1, 0.15) is 42.3 Å². The number of aryl methyl sites for hydroxylation is 2. The molecule has 2 fully saturated rings. The maximum Gasteiger partial charge on any atom is 0.416 e. The number of carbonyl (C=O) groups is 8. The number of hydrogen-bond donors (Lipinski definition) is 11. The number of carbonyl (C=O) groups excluding carboxylic acids is 7. The average Bonchev–Trinajstić information content (AvgIpc) is 1.77. The molecule has 2 aromatic heterocycles. The van der Waals surface area contributed by atoms with Crippen molar-refractivity contribution < 1.29 is 92.5 Å². The Kier molecular flexibility index (Phi) is 21.5. The van der Waals surface area contributed by atoms with Gasteiger partial charge in [0, 0.05) is 74.2 Å². The molecule has 0 radical (unpaired) electrons. The Bertz CT molecular complexity index is 3890. The number of anilines is 5. The number of aromatic nitrogens is 2. The maximum atomic E-state index is 14.2. The van der Waals surface area contributed by atoms with Crippen LogP contribution in [0.1, 0.15) is 89.8 Å². The number of amides is 7. The number of ether oxygens (including phenoxy) is 5. The minimum atomic E-state index is -2.05. The summed E-state index contributed by atoms with van der Waals surface area (Å²) in [7, 11) is 4.70. The summed E-state index contributed by atoms with van der Waals surface area (Å²) in [6, 6.07) is 20.2. The molecule has 3 aliphatic rings. The van der Waals surface area contributed by atoms with Crippen LogP contribution in [0.15, 0.2) is 103 Å². The summed E-state index contributed by atoms with van der Waals surface area (Å²) in [5.74, 6) is -4.91. The lowest BCUT2D eigenvalue weighted by atomic mass is 9.99. The van der Waals surface area contributed by atoms with Gasteiger partial charge in [-0.25, -0.2) is 14.5 Å². The summed E-state index contributed by atoms with van der Waals surface area (Å²) in [6.45, 7) is 4.70. The van der Waals surface area contributed by atoms with Gasteiger partial charge in [0.25, 0.3) is 17.7 Å². The Morgan fingerprint density at radius 3 is 2.02 bits per heavy atom. The number of aliphatic carboxylic acids is 1. The Hall–Kier alpha value is -10.4. The van der Waals surface area contributed by atoms with Crippen LogP contribution in [0.25, 0.3) is 11.1 Å². The molecule has 504 valence electrons. The molecule has 0 bridgehead atoms. The van der Waals surface area contributed by atoms with Crippen molar-refractivity contribution in [3.8, 4) is 28.4 Å². The van der Waals surface area contributed by atoms with Gasteiger partial charge in [-0.05, 0) is 110 Å². The van der Waals surface area contributed by atoms with E-state index in [1.807, 2.05) is 13.8 Å². The fraction of sp³-hybridized carbons (Fsp3) is 0.375. The Morgan fingerprint density at radius 2 is 1.38 bits per heavy atom. The fourth-order valence-electron chi connectivity index (χ4n) is 10.9. The third-order valence-corrected chi connectivity index (χ3v) is 16.2. The van der Waals surface area contributed by atoms with Crippen molar-refractivity contribution in [3.05, 3.63) is 136 Å². The number of aliphatic hydroxyl groups excluding tert-OH is 4. The number of benzene rings is 4. The van der Waals surface area contributed by atoms with Gasteiger partial charge in [0.15, 0.2) is 29.6 Å². The van der Waals surface area contributed by atoms with Crippen LogP contribution in [0, 0.1) is 16.0 Å². The van der Waals surface area contributed by atoms with Crippen LogP contribution in [0.2, 0.25) is 0 Å². The standard InChI is InChI=1S/C64H73N11O20/c1-32(2)51(65)59(83)66-33(3)56(80)68-38-17-19-39(20-18-38)70-57(81)45-25-36(29-71(45)4)35-13-15-37(16-14-35)69-58(82)46-26-40(30-72(46)5)67-50(76)11-9-23-92-49-28-43-41(27-48(49)91-6)60(84)73-22-8-7-10-42(73)61(85)74(43)64(88)93-31-34-12-21-47(44(24-34)75(89)90)94-63-54(79)52(77)53(78)55(95-63)62(86)87/h12-21,24-30,32-33,42,51-55,61,63,77-79,85H,7-11,22-23,31,65H2,1-6H3,(H,66,83)(H,67,76)(H,68,80)(H,69,82)(H,70,81)(H,86,87)/t33-,42-,51-,52-,53-,54+,55-,61?,63+/m0/s1. The zero-order valence-corrected chi connectivity index (χ0v) is 52.4. The molecule has 0 spiro atoms. The molecule has 31 nitrogen and oxygen atoms in total. The van der Waals surface area contributed by atoms with Gasteiger partial charge in [-0.1, -0.05) is 32.0 Å². The van der Waals surface area contributed by atoms with Crippen LogP contribution in [0.4, 0.5) is 38.9 Å². The van der Waals surface area contributed by atoms with Crippen LogP contribution < -0.4 is 51.4 Å². The molecule has 0 aliphatic carbocycles. The summed E-state index contributed by atoms with van der Waals surface area (Å²) in [4.78, 5) is 119. The van der Waals surface area contributed by atoms with E-state index in [-0.39, 0.29) is 71.8 Å². The maximum absolute atomic E-state index is 14.2. The highest BCUT2D eigenvalue weighted by Crippen LogP contribution is 2.42. The van der Waals surface area contributed by atoms with E-state index in [9.17, 15) is 74.0 Å². The lowest BCUT2D eigenvalue weighted by Gasteiger charge is -2.38. The van der Waals surface area contributed by atoms with Crippen LogP contribution in [-0.2, 0) is 49.4 Å². The summed E-state index contributed by atoms with van der Waals surface area (Å²) >= 11 is 0. The van der Waals surface area contributed by atoms with Gasteiger partial charge in [-0.15, -0.1) is 0 Å². The SMILES string of the molecule is COc1cc2c(cc1OCCCC(=O)Nc1cc(C(=O)Nc3ccc(-c4cc(C(=O)Nc5ccc(NC(=O)[C@H](C)NC(=O)[C@@H](N)C(C)C)cc5)n(C)c4)cc3)n(C)c1)N(C(=O)OCc1ccc(O[C@@H]3O[C@H](C(=O)O)[C@@H](O)[C@H](O)[C@H]3O)c([N+](=O)[O-])c1)C(O)[C@@H]1CCCCN1C2=O. The number of nitro groups is 1. The van der Waals surface area contributed by atoms with E-state index in [2.05, 4.69) is 26.6 Å². The van der Waals surface area contributed by atoms with E-state index >= 15 is 0 Å². The Morgan fingerprint density at radius 1 is 0.737 bits per heavy atom. The summed E-state index contributed by atoms with van der Waals surface area (Å²) < 4.78 is 31.1. The summed E-state index contributed by atoms with van der Waals surface area (Å²) in [5, 5.41) is 78.1. The van der Waals surface area contributed by atoms with Gasteiger partial charge < -0.3 is 95.6 Å². The molecular weight excluding hydrogens is 1240 g/mol. The number of rotatable bonds is 23. The number of piperidine rings is 1. The van der Waals surface area contributed by atoms with E-state index < -0.39 is 120 Å². The van der Waals surface area contributed by atoms with Crippen LogP contribution in [-0.4, -0.2) is 167 Å². The monoisotopic (exact) mass is 1320 g/mol. The second-order valence-electron chi connectivity index (χ2n) is 23.3. The van der Waals surface area contributed by atoms with E-state index in [0.29, 0.717) is 47.7 Å². The highest BCUT2D eigenvalue weighted by atomic mass is 16.7. The second-order valence-corrected chi connectivity index (χ2v) is 23.3. The molecule has 3 aliphatic heterocycles. The van der Waals surface area contributed by atoms with Crippen molar-refractivity contribution in [3.63, 3.8) is 0 Å². The number of fused-ring (bicyclic) bond motifs is 2. The first kappa shape index (κ1) is 68.9. The van der Waals surface area contributed by atoms with Crippen LogP contribution in [0.5, 0.6) is 17.2 Å². The first-order valence-electron chi connectivity index (χ1n) is 30.2. The molecule has 6 aromatic rings. The first-order valence-corrected chi connectivity index (χ1v) is 30.2. The van der Waals surface area contributed by atoms with Crippen molar-refractivity contribution >= 4 is 81.6 Å². The fourth-order valence-corrected chi connectivity index (χ4v) is 10.9. The van der Waals surface area contributed by atoms with Gasteiger partial charge >= 0.3 is 17.7 Å². The molecule has 4 aromatic carbocycles. The van der Waals surface area contributed by atoms with E-state index in [4.69, 9.17) is 29.4 Å². The third kappa shape index (κ3) is 15.8.